The van der Waals surface area contributed by atoms with Gasteiger partial charge in [-0.25, -0.2) is 4.98 Å². The SMILES string of the molecule is CN(C(=O)c1ccc(N2CCC3(CC2)OCCO3)cn1)c1ccccc1. The molecule has 1 aromatic carbocycles. The number of hydrogen-bond donors (Lipinski definition) is 0. The van der Waals surface area contributed by atoms with Crippen molar-refractivity contribution in [3.63, 3.8) is 0 Å². The molecular formula is C20H23N3O3. The van der Waals surface area contributed by atoms with Gasteiger partial charge in [-0.05, 0) is 24.3 Å². The van der Waals surface area contributed by atoms with Crippen LogP contribution in [0.1, 0.15) is 23.3 Å². The van der Waals surface area contributed by atoms with E-state index in [1.54, 1.807) is 24.2 Å². The molecule has 136 valence electrons. The molecule has 0 N–H and O–H groups in total. The zero-order chi connectivity index (χ0) is 18.0. The summed E-state index contributed by atoms with van der Waals surface area (Å²) in [5.41, 5.74) is 2.31. The maximum atomic E-state index is 12.6. The molecule has 3 heterocycles. The fourth-order valence-electron chi connectivity index (χ4n) is 3.53. The van der Waals surface area contributed by atoms with Crippen LogP contribution in [0.25, 0.3) is 0 Å². The molecular weight excluding hydrogens is 330 g/mol. The fraction of sp³-hybridized carbons (Fsp3) is 0.400. The van der Waals surface area contributed by atoms with Crippen LogP contribution in [0.2, 0.25) is 0 Å². The van der Waals surface area contributed by atoms with E-state index in [-0.39, 0.29) is 11.7 Å². The number of rotatable bonds is 3. The number of aromatic nitrogens is 1. The van der Waals surface area contributed by atoms with Crippen LogP contribution in [-0.2, 0) is 9.47 Å². The van der Waals surface area contributed by atoms with Crippen molar-refractivity contribution >= 4 is 17.3 Å². The zero-order valence-electron chi connectivity index (χ0n) is 14.9. The molecule has 0 saturated carbocycles. The lowest BCUT2D eigenvalue weighted by atomic mass is 10.0. The van der Waals surface area contributed by atoms with Gasteiger partial charge in [0.1, 0.15) is 5.69 Å². The van der Waals surface area contributed by atoms with Crippen molar-refractivity contribution in [1.29, 1.82) is 0 Å². The van der Waals surface area contributed by atoms with Gasteiger partial charge in [0, 0.05) is 38.7 Å². The molecule has 2 aliphatic rings. The van der Waals surface area contributed by atoms with Crippen LogP contribution in [0.4, 0.5) is 11.4 Å². The number of nitrogens with zero attached hydrogens (tertiary/aromatic N) is 3. The summed E-state index contributed by atoms with van der Waals surface area (Å²) >= 11 is 0. The van der Waals surface area contributed by atoms with Gasteiger partial charge in [-0.1, -0.05) is 18.2 Å². The first-order chi connectivity index (χ1) is 12.7. The van der Waals surface area contributed by atoms with E-state index >= 15 is 0 Å². The quantitative estimate of drug-likeness (QED) is 0.849. The summed E-state index contributed by atoms with van der Waals surface area (Å²) in [6.45, 7) is 3.10. The van der Waals surface area contributed by atoms with Gasteiger partial charge in [-0.3, -0.25) is 4.79 Å². The molecule has 2 saturated heterocycles. The summed E-state index contributed by atoms with van der Waals surface area (Å²) < 4.78 is 11.5. The molecule has 1 amide bonds. The van der Waals surface area contributed by atoms with Crippen LogP contribution in [0.15, 0.2) is 48.7 Å². The third-order valence-electron chi connectivity index (χ3n) is 5.12. The Morgan fingerprint density at radius 3 is 2.38 bits per heavy atom. The van der Waals surface area contributed by atoms with E-state index < -0.39 is 0 Å². The van der Waals surface area contributed by atoms with Crippen LogP contribution >= 0.6 is 0 Å². The van der Waals surface area contributed by atoms with E-state index in [9.17, 15) is 4.79 Å². The maximum absolute atomic E-state index is 12.6. The van der Waals surface area contributed by atoms with Crippen LogP contribution in [-0.4, -0.2) is 50.0 Å². The molecule has 6 heteroatoms. The lowest BCUT2D eigenvalue weighted by Gasteiger charge is -2.38. The summed E-state index contributed by atoms with van der Waals surface area (Å²) in [5.74, 6) is -0.494. The highest BCUT2D eigenvalue weighted by atomic mass is 16.7. The van der Waals surface area contributed by atoms with Gasteiger partial charge in [0.05, 0.1) is 25.1 Å². The van der Waals surface area contributed by atoms with Crippen molar-refractivity contribution in [2.45, 2.75) is 18.6 Å². The van der Waals surface area contributed by atoms with Gasteiger partial charge < -0.3 is 19.3 Å². The molecule has 2 aromatic rings. The molecule has 2 fully saturated rings. The highest BCUT2D eigenvalue weighted by Gasteiger charge is 2.39. The number of piperidine rings is 1. The molecule has 6 nitrogen and oxygen atoms in total. The Morgan fingerprint density at radius 1 is 1.08 bits per heavy atom. The molecule has 0 aliphatic carbocycles. The van der Waals surface area contributed by atoms with E-state index in [1.165, 1.54) is 0 Å². The third-order valence-corrected chi connectivity index (χ3v) is 5.12. The monoisotopic (exact) mass is 353 g/mol. The molecule has 26 heavy (non-hydrogen) atoms. The maximum Gasteiger partial charge on any atom is 0.276 e. The van der Waals surface area contributed by atoms with Crippen molar-refractivity contribution in [2.24, 2.45) is 0 Å². The predicted octanol–water partition coefficient (Wildman–Crippen LogP) is 2.70. The standard InChI is InChI=1S/C20H23N3O3/c1-22(16-5-3-2-4-6-16)19(24)18-8-7-17(15-21-18)23-11-9-20(10-12-23)25-13-14-26-20/h2-8,15H,9-14H2,1H3. The Bertz CT molecular complexity index is 748. The second-order valence-electron chi connectivity index (χ2n) is 6.70. The number of hydrogen-bond acceptors (Lipinski definition) is 5. The highest BCUT2D eigenvalue weighted by Crippen LogP contribution is 2.33. The Balaban J connectivity index is 1.41. The predicted molar refractivity (Wildman–Crippen MR) is 99.5 cm³/mol. The van der Waals surface area contributed by atoms with E-state index in [2.05, 4.69) is 9.88 Å². The molecule has 1 spiro atoms. The zero-order valence-corrected chi connectivity index (χ0v) is 14.9. The van der Waals surface area contributed by atoms with E-state index in [4.69, 9.17) is 9.47 Å². The summed E-state index contributed by atoms with van der Waals surface area (Å²) in [5, 5.41) is 0. The van der Waals surface area contributed by atoms with Crippen LogP contribution < -0.4 is 9.80 Å². The van der Waals surface area contributed by atoms with Gasteiger partial charge in [0.2, 0.25) is 0 Å². The smallest absolute Gasteiger partial charge is 0.276 e. The third kappa shape index (κ3) is 3.30. The van der Waals surface area contributed by atoms with Crippen LogP contribution in [0, 0.1) is 0 Å². The fourth-order valence-corrected chi connectivity index (χ4v) is 3.53. The summed E-state index contributed by atoms with van der Waals surface area (Å²) in [6, 6.07) is 13.3. The van der Waals surface area contributed by atoms with Gasteiger partial charge in [-0.15, -0.1) is 0 Å². The highest BCUT2D eigenvalue weighted by molar-refractivity contribution is 6.04. The second-order valence-corrected chi connectivity index (χ2v) is 6.70. The number of carbonyl (C=O) groups excluding carboxylic acids is 1. The first-order valence-corrected chi connectivity index (χ1v) is 8.99. The normalized spacial score (nSPS) is 18.9. The topological polar surface area (TPSA) is 54.9 Å². The Hall–Kier alpha value is -2.44. The molecule has 0 bridgehead atoms. The Morgan fingerprint density at radius 2 is 1.77 bits per heavy atom. The van der Waals surface area contributed by atoms with Crippen molar-refractivity contribution < 1.29 is 14.3 Å². The summed E-state index contributed by atoms with van der Waals surface area (Å²) in [4.78, 5) is 20.9. The number of pyridine rings is 1. The number of anilines is 2. The molecule has 0 radical (unpaired) electrons. The molecule has 0 unspecified atom stereocenters. The molecule has 1 aromatic heterocycles. The van der Waals surface area contributed by atoms with E-state index in [0.29, 0.717) is 18.9 Å². The number of para-hydroxylation sites is 1. The first kappa shape index (κ1) is 17.0. The minimum Gasteiger partial charge on any atom is -0.370 e. The van der Waals surface area contributed by atoms with Gasteiger partial charge >= 0.3 is 0 Å². The number of ether oxygens (including phenoxy) is 2. The van der Waals surface area contributed by atoms with Crippen LogP contribution in [0.5, 0.6) is 0 Å². The Labute approximate surface area is 153 Å². The van der Waals surface area contributed by atoms with Crippen molar-refractivity contribution in [3.05, 3.63) is 54.4 Å². The lowest BCUT2D eigenvalue weighted by Crippen LogP contribution is -2.45. The van der Waals surface area contributed by atoms with Gasteiger partial charge in [0.15, 0.2) is 5.79 Å². The van der Waals surface area contributed by atoms with Gasteiger partial charge in [0.25, 0.3) is 5.91 Å². The minimum atomic E-state index is -0.377. The minimum absolute atomic E-state index is 0.117. The molecule has 2 aliphatic heterocycles. The first-order valence-electron chi connectivity index (χ1n) is 8.99. The lowest BCUT2D eigenvalue weighted by molar-refractivity contribution is -0.169. The average Bonchev–Trinajstić information content (AvgIpc) is 3.16. The van der Waals surface area contributed by atoms with Gasteiger partial charge in [-0.2, -0.15) is 0 Å². The summed E-state index contributed by atoms with van der Waals surface area (Å²) in [7, 11) is 1.76. The largest absolute Gasteiger partial charge is 0.370 e. The second kappa shape index (κ2) is 7.05. The molecule has 0 atom stereocenters. The van der Waals surface area contributed by atoms with E-state index in [1.807, 2.05) is 36.4 Å². The number of carbonyl (C=O) groups is 1. The van der Waals surface area contributed by atoms with Crippen LogP contribution in [0.3, 0.4) is 0 Å². The van der Waals surface area contributed by atoms with Crippen molar-refractivity contribution in [2.75, 3.05) is 43.2 Å². The Kier molecular flexibility index (Phi) is 4.61. The summed E-state index contributed by atoms with van der Waals surface area (Å²) in [6.07, 6.45) is 3.48. The number of amides is 1. The average molecular weight is 353 g/mol. The van der Waals surface area contributed by atoms with E-state index in [0.717, 1.165) is 37.3 Å². The molecule has 4 rings (SSSR count). The van der Waals surface area contributed by atoms with Crippen molar-refractivity contribution in [1.82, 2.24) is 4.98 Å². The van der Waals surface area contributed by atoms with Crippen molar-refractivity contribution in [3.8, 4) is 0 Å². The number of benzene rings is 1.